The Bertz CT molecular complexity index is 643. The highest BCUT2D eigenvalue weighted by Crippen LogP contribution is 2.22. The van der Waals surface area contributed by atoms with Crippen LogP contribution in [0.5, 0.6) is 5.75 Å². The predicted octanol–water partition coefficient (Wildman–Crippen LogP) is 3.94. The Morgan fingerprint density at radius 1 is 1.10 bits per heavy atom. The molecule has 0 unspecified atom stereocenters. The van der Waals surface area contributed by atoms with Crippen LogP contribution in [0, 0.1) is 11.6 Å². The summed E-state index contributed by atoms with van der Waals surface area (Å²) in [6.45, 7) is 0.0866. The lowest BCUT2D eigenvalue weighted by molar-refractivity contribution is 0.303. The first-order valence-corrected chi connectivity index (χ1v) is 6.82. The molecule has 0 saturated heterocycles. The summed E-state index contributed by atoms with van der Waals surface area (Å²) in [5, 5.41) is 0. The molecular formula is C14H10BrF2NOS. The highest BCUT2D eigenvalue weighted by molar-refractivity contribution is 9.10. The van der Waals surface area contributed by atoms with E-state index in [-0.39, 0.29) is 11.6 Å². The molecule has 0 radical (unpaired) electrons. The van der Waals surface area contributed by atoms with Gasteiger partial charge in [0.2, 0.25) is 0 Å². The van der Waals surface area contributed by atoms with Gasteiger partial charge < -0.3 is 10.5 Å². The molecule has 0 amide bonds. The SMILES string of the molecule is NC(=S)c1cc(F)cc(COc2cc(F)cc(Br)c2)c1. The fourth-order valence-corrected chi connectivity index (χ4v) is 2.22. The Labute approximate surface area is 128 Å². The van der Waals surface area contributed by atoms with Crippen molar-refractivity contribution < 1.29 is 13.5 Å². The second kappa shape index (κ2) is 6.28. The lowest BCUT2D eigenvalue weighted by atomic mass is 10.1. The summed E-state index contributed by atoms with van der Waals surface area (Å²) < 4.78 is 32.6. The summed E-state index contributed by atoms with van der Waals surface area (Å²) in [4.78, 5) is 0.110. The number of thiocarbonyl (C=S) groups is 1. The van der Waals surface area contributed by atoms with Crippen molar-refractivity contribution in [2.24, 2.45) is 5.73 Å². The first-order valence-electron chi connectivity index (χ1n) is 5.62. The quantitative estimate of drug-likeness (QED) is 0.841. The lowest BCUT2D eigenvalue weighted by Crippen LogP contribution is -2.10. The fourth-order valence-electron chi connectivity index (χ4n) is 1.65. The molecule has 2 aromatic rings. The van der Waals surface area contributed by atoms with E-state index in [0.29, 0.717) is 21.3 Å². The van der Waals surface area contributed by atoms with Crippen LogP contribution in [0.3, 0.4) is 0 Å². The number of benzene rings is 2. The molecule has 0 aliphatic heterocycles. The second-order valence-corrected chi connectivity index (χ2v) is 5.46. The summed E-state index contributed by atoms with van der Waals surface area (Å²) in [6.07, 6.45) is 0. The van der Waals surface area contributed by atoms with Crippen molar-refractivity contribution in [1.29, 1.82) is 0 Å². The van der Waals surface area contributed by atoms with Crippen molar-refractivity contribution in [1.82, 2.24) is 0 Å². The molecule has 0 spiro atoms. The molecule has 2 N–H and O–H groups in total. The summed E-state index contributed by atoms with van der Waals surface area (Å²) in [5.41, 5.74) is 6.46. The predicted molar refractivity (Wildman–Crippen MR) is 80.7 cm³/mol. The van der Waals surface area contributed by atoms with Gasteiger partial charge in [0, 0.05) is 16.1 Å². The third kappa shape index (κ3) is 3.98. The molecule has 104 valence electrons. The maximum absolute atomic E-state index is 13.4. The average Bonchev–Trinajstić information content (AvgIpc) is 2.34. The van der Waals surface area contributed by atoms with E-state index in [1.54, 1.807) is 12.1 Å². The fraction of sp³-hybridized carbons (Fsp3) is 0.0714. The van der Waals surface area contributed by atoms with E-state index in [2.05, 4.69) is 15.9 Å². The first kappa shape index (κ1) is 14.9. The van der Waals surface area contributed by atoms with Crippen LogP contribution in [0.1, 0.15) is 11.1 Å². The smallest absolute Gasteiger partial charge is 0.128 e. The molecule has 0 saturated carbocycles. The summed E-state index contributed by atoms with van der Waals surface area (Å²) in [6, 6.07) is 8.40. The summed E-state index contributed by atoms with van der Waals surface area (Å²) in [7, 11) is 0. The Morgan fingerprint density at radius 3 is 2.45 bits per heavy atom. The van der Waals surface area contributed by atoms with Gasteiger partial charge in [-0.15, -0.1) is 0 Å². The van der Waals surface area contributed by atoms with Gasteiger partial charge in [0.1, 0.15) is 29.0 Å². The van der Waals surface area contributed by atoms with Crippen molar-refractivity contribution >= 4 is 33.1 Å². The van der Waals surface area contributed by atoms with Crippen LogP contribution < -0.4 is 10.5 Å². The molecular weight excluding hydrogens is 348 g/mol. The maximum Gasteiger partial charge on any atom is 0.128 e. The van der Waals surface area contributed by atoms with Gasteiger partial charge in [0.15, 0.2) is 0 Å². The minimum atomic E-state index is -0.450. The van der Waals surface area contributed by atoms with Crippen LogP contribution in [0.2, 0.25) is 0 Å². The zero-order valence-electron chi connectivity index (χ0n) is 10.2. The maximum atomic E-state index is 13.4. The van der Waals surface area contributed by atoms with E-state index in [9.17, 15) is 8.78 Å². The Kier molecular flexibility index (Phi) is 4.67. The van der Waals surface area contributed by atoms with Crippen LogP contribution in [0.15, 0.2) is 40.9 Å². The van der Waals surface area contributed by atoms with Crippen molar-refractivity contribution in [2.45, 2.75) is 6.61 Å². The number of hydrogen-bond donors (Lipinski definition) is 1. The van der Waals surface area contributed by atoms with E-state index in [4.69, 9.17) is 22.7 Å². The topological polar surface area (TPSA) is 35.2 Å². The van der Waals surface area contributed by atoms with E-state index in [1.165, 1.54) is 24.3 Å². The zero-order valence-corrected chi connectivity index (χ0v) is 12.6. The molecule has 0 atom stereocenters. The molecule has 2 rings (SSSR count). The van der Waals surface area contributed by atoms with Gasteiger partial charge >= 0.3 is 0 Å². The molecule has 20 heavy (non-hydrogen) atoms. The number of ether oxygens (including phenoxy) is 1. The van der Waals surface area contributed by atoms with E-state index in [1.807, 2.05) is 0 Å². The highest BCUT2D eigenvalue weighted by Gasteiger charge is 2.05. The number of rotatable bonds is 4. The molecule has 0 bridgehead atoms. The van der Waals surface area contributed by atoms with E-state index >= 15 is 0 Å². The molecule has 0 fully saturated rings. The van der Waals surface area contributed by atoms with Crippen molar-refractivity contribution in [3.05, 3.63) is 63.6 Å². The standard InChI is InChI=1S/C14H10BrF2NOS/c15-10-4-12(17)6-13(5-10)19-7-8-1-9(14(18)20)3-11(16)2-8/h1-6H,7H2,(H2,18,20). The van der Waals surface area contributed by atoms with Crippen molar-refractivity contribution in [3.8, 4) is 5.75 Å². The van der Waals surface area contributed by atoms with Crippen LogP contribution >= 0.6 is 28.1 Å². The minimum Gasteiger partial charge on any atom is -0.489 e. The van der Waals surface area contributed by atoms with Gasteiger partial charge in [-0.2, -0.15) is 0 Å². The average molecular weight is 358 g/mol. The van der Waals surface area contributed by atoms with Crippen LogP contribution in [-0.2, 0) is 6.61 Å². The normalized spacial score (nSPS) is 10.3. The Balaban J connectivity index is 2.16. The monoisotopic (exact) mass is 357 g/mol. The summed E-state index contributed by atoms with van der Waals surface area (Å²) in [5.74, 6) is -0.523. The zero-order chi connectivity index (χ0) is 14.7. The van der Waals surface area contributed by atoms with Crippen LogP contribution in [0.4, 0.5) is 8.78 Å². The number of nitrogens with two attached hydrogens (primary N) is 1. The molecule has 0 aliphatic rings. The molecule has 2 aromatic carbocycles. The van der Waals surface area contributed by atoms with Gasteiger partial charge in [0.25, 0.3) is 0 Å². The molecule has 0 aliphatic carbocycles. The van der Waals surface area contributed by atoms with Gasteiger partial charge in [-0.25, -0.2) is 8.78 Å². The third-order valence-electron chi connectivity index (χ3n) is 2.48. The number of hydrogen-bond acceptors (Lipinski definition) is 2. The number of halogens is 3. The van der Waals surface area contributed by atoms with E-state index in [0.717, 1.165) is 0 Å². The highest BCUT2D eigenvalue weighted by atomic mass is 79.9. The molecule has 0 aromatic heterocycles. The molecule has 0 heterocycles. The van der Waals surface area contributed by atoms with Gasteiger partial charge in [-0.1, -0.05) is 28.1 Å². The van der Waals surface area contributed by atoms with Crippen molar-refractivity contribution in [3.63, 3.8) is 0 Å². The second-order valence-electron chi connectivity index (χ2n) is 4.11. The Hall–Kier alpha value is -1.53. The van der Waals surface area contributed by atoms with E-state index < -0.39 is 11.6 Å². The minimum absolute atomic E-state index is 0.0866. The van der Waals surface area contributed by atoms with Crippen LogP contribution in [-0.4, -0.2) is 4.99 Å². The largest absolute Gasteiger partial charge is 0.489 e. The van der Waals surface area contributed by atoms with Gasteiger partial charge in [-0.05, 0) is 35.9 Å². The molecule has 6 heteroatoms. The first-order chi connectivity index (χ1) is 9.44. The van der Waals surface area contributed by atoms with Gasteiger partial charge in [0.05, 0.1) is 0 Å². The van der Waals surface area contributed by atoms with Crippen LogP contribution in [0.25, 0.3) is 0 Å². The third-order valence-corrected chi connectivity index (χ3v) is 3.18. The molecule has 2 nitrogen and oxygen atoms in total. The van der Waals surface area contributed by atoms with Crippen molar-refractivity contribution in [2.75, 3.05) is 0 Å². The summed E-state index contributed by atoms with van der Waals surface area (Å²) >= 11 is 7.98. The Morgan fingerprint density at radius 2 is 1.80 bits per heavy atom. The van der Waals surface area contributed by atoms with Gasteiger partial charge in [-0.3, -0.25) is 0 Å². The lowest BCUT2D eigenvalue weighted by Gasteiger charge is -2.08.